The normalized spacial score (nSPS) is 16.3. The highest BCUT2D eigenvalue weighted by Crippen LogP contribution is 2.24. The minimum atomic E-state index is -3.70. The summed E-state index contributed by atoms with van der Waals surface area (Å²) in [5.41, 5.74) is 3.19. The number of rotatable bonds is 5. The Labute approximate surface area is 162 Å². The number of carbonyl (C=O) groups excluding carboxylic acids is 1. The molecule has 1 heterocycles. The van der Waals surface area contributed by atoms with Crippen LogP contribution in [0.2, 0.25) is 0 Å². The van der Waals surface area contributed by atoms with Gasteiger partial charge in [0.25, 0.3) is 0 Å². The molecule has 28 heavy (non-hydrogen) atoms. The molecule has 0 atom stereocenters. The van der Waals surface area contributed by atoms with Crippen molar-refractivity contribution in [1.29, 1.82) is 0 Å². The van der Waals surface area contributed by atoms with Gasteiger partial charge >= 0.3 is 0 Å². The number of amides is 1. The molecule has 0 aromatic heterocycles. The molecule has 0 spiro atoms. The Hall–Kier alpha value is -2.78. The smallest absolute Gasteiger partial charge is 0.243 e. The molecule has 148 valence electrons. The standard InChI is InChI=1S/C19H20FN3O4S/c20-16-3-7-18(8-4-16)28(26,27)23-11-9-15(10-12-23)19(25)22-21-13-14-1-5-17(24)6-2-14/h1-8,13,15,24H,9-12H2,(H,22,25)/b21-13-. The van der Waals surface area contributed by atoms with Crippen LogP contribution in [0.15, 0.2) is 58.5 Å². The summed E-state index contributed by atoms with van der Waals surface area (Å²) < 4.78 is 39.5. The Kier molecular flexibility index (Phi) is 6.05. The number of aromatic hydroxyl groups is 1. The van der Waals surface area contributed by atoms with E-state index in [2.05, 4.69) is 10.5 Å². The summed E-state index contributed by atoms with van der Waals surface area (Å²) in [4.78, 5) is 12.3. The SMILES string of the molecule is O=C(N/N=C\c1ccc(O)cc1)C1CCN(S(=O)(=O)c2ccc(F)cc2)CC1. The van der Waals surface area contributed by atoms with Gasteiger partial charge in [-0.25, -0.2) is 18.2 Å². The van der Waals surface area contributed by atoms with E-state index in [9.17, 15) is 22.7 Å². The Balaban J connectivity index is 1.53. The van der Waals surface area contributed by atoms with Crippen LogP contribution in [-0.2, 0) is 14.8 Å². The number of phenolic OH excluding ortho intramolecular Hbond substituents is 1. The van der Waals surface area contributed by atoms with Crippen LogP contribution in [-0.4, -0.2) is 43.0 Å². The first-order chi connectivity index (χ1) is 13.4. The lowest BCUT2D eigenvalue weighted by atomic mass is 9.98. The zero-order valence-electron chi connectivity index (χ0n) is 15.0. The number of halogens is 1. The molecule has 1 aliphatic heterocycles. The average Bonchev–Trinajstić information content (AvgIpc) is 2.70. The van der Waals surface area contributed by atoms with Crippen LogP contribution in [0.1, 0.15) is 18.4 Å². The molecular formula is C19H20FN3O4S. The summed E-state index contributed by atoms with van der Waals surface area (Å²) in [6, 6.07) is 11.0. The van der Waals surface area contributed by atoms with Gasteiger partial charge in [0.2, 0.25) is 15.9 Å². The van der Waals surface area contributed by atoms with Gasteiger partial charge in [-0.3, -0.25) is 4.79 Å². The minimum Gasteiger partial charge on any atom is -0.508 e. The predicted molar refractivity (Wildman–Crippen MR) is 102 cm³/mol. The fourth-order valence-corrected chi connectivity index (χ4v) is 4.41. The molecule has 0 bridgehead atoms. The molecule has 7 nitrogen and oxygen atoms in total. The first-order valence-electron chi connectivity index (χ1n) is 8.74. The van der Waals surface area contributed by atoms with Gasteiger partial charge in [-0.2, -0.15) is 9.41 Å². The van der Waals surface area contributed by atoms with Crippen molar-refractivity contribution in [2.24, 2.45) is 11.0 Å². The number of nitrogens with one attached hydrogen (secondary N) is 1. The maximum Gasteiger partial charge on any atom is 0.243 e. The Bertz CT molecular complexity index is 952. The molecule has 2 aromatic carbocycles. The highest BCUT2D eigenvalue weighted by molar-refractivity contribution is 7.89. The number of hydrazone groups is 1. The molecule has 2 N–H and O–H groups in total. The summed E-state index contributed by atoms with van der Waals surface area (Å²) in [5.74, 6) is -0.962. The zero-order valence-corrected chi connectivity index (χ0v) is 15.8. The molecule has 1 fully saturated rings. The Morgan fingerprint density at radius 2 is 1.71 bits per heavy atom. The summed E-state index contributed by atoms with van der Waals surface area (Å²) in [5, 5.41) is 13.1. The van der Waals surface area contributed by atoms with Crippen LogP contribution < -0.4 is 5.43 Å². The molecule has 1 amide bonds. The molecule has 0 unspecified atom stereocenters. The van der Waals surface area contributed by atoms with Gasteiger partial charge in [0, 0.05) is 19.0 Å². The molecule has 0 radical (unpaired) electrons. The lowest BCUT2D eigenvalue weighted by Crippen LogP contribution is -2.42. The van der Waals surface area contributed by atoms with E-state index in [1.54, 1.807) is 12.1 Å². The zero-order chi connectivity index (χ0) is 20.1. The van der Waals surface area contributed by atoms with Crippen molar-refractivity contribution in [3.8, 4) is 5.75 Å². The van der Waals surface area contributed by atoms with Gasteiger partial charge in [0.15, 0.2) is 0 Å². The second-order valence-corrected chi connectivity index (χ2v) is 8.40. The van der Waals surface area contributed by atoms with Crippen molar-refractivity contribution in [3.63, 3.8) is 0 Å². The van der Waals surface area contributed by atoms with E-state index >= 15 is 0 Å². The van der Waals surface area contributed by atoms with Gasteiger partial charge in [-0.1, -0.05) is 0 Å². The van der Waals surface area contributed by atoms with Gasteiger partial charge in [-0.15, -0.1) is 0 Å². The average molecular weight is 405 g/mol. The largest absolute Gasteiger partial charge is 0.508 e. The second kappa shape index (κ2) is 8.49. The molecule has 9 heteroatoms. The van der Waals surface area contributed by atoms with Crippen LogP contribution in [0.25, 0.3) is 0 Å². The highest BCUT2D eigenvalue weighted by Gasteiger charge is 2.32. The maximum atomic E-state index is 13.0. The number of phenols is 1. The topological polar surface area (TPSA) is 99.1 Å². The fraction of sp³-hybridized carbons (Fsp3) is 0.263. The summed E-state index contributed by atoms with van der Waals surface area (Å²) in [6.07, 6.45) is 2.22. The Morgan fingerprint density at radius 1 is 1.11 bits per heavy atom. The lowest BCUT2D eigenvalue weighted by molar-refractivity contribution is -0.126. The van der Waals surface area contributed by atoms with E-state index in [0.717, 1.165) is 17.7 Å². The first-order valence-corrected chi connectivity index (χ1v) is 10.2. The molecule has 0 saturated carbocycles. The van der Waals surface area contributed by atoms with Crippen molar-refractivity contribution in [2.75, 3.05) is 13.1 Å². The minimum absolute atomic E-state index is 0.0373. The van der Waals surface area contributed by atoms with E-state index in [-0.39, 0.29) is 35.6 Å². The third-order valence-electron chi connectivity index (χ3n) is 4.56. The number of sulfonamides is 1. The van der Waals surface area contributed by atoms with Crippen LogP contribution in [0, 0.1) is 11.7 Å². The number of piperidine rings is 1. The summed E-state index contributed by atoms with van der Waals surface area (Å²) in [6.45, 7) is 0.416. The monoisotopic (exact) mass is 405 g/mol. The summed E-state index contributed by atoms with van der Waals surface area (Å²) in [7, 11) is -3.70. The Morgan fingerprint density at radius 3 is 2.32 bits per heavy atom. The number of hydrogen-bond acceptors (Lipinski definition) is 5. The van der Waals surface area contributed by atoms with E-state index in [1.165, 1.54) is 34.8 Å². The van der Waals surface area contributed by atoms with Crippen molar-refractivity contribution in [3.05, 3.63) is 59.9 Å². The number of hydrogen-bond donors (Lipinski definition) is 2. The first kappa shape index (κ1) is 20.0. The fourth-order valence-electron chi connectivity index (χ4n) is 2.94. The second-order valence-electron chi connectivity index (χ2n) is 6.46. The van der Waals surface area contributed by atoms with E-state index < -0.39 is 15.8 Å². The van der Waals surface area contributed by atoms with Crippen molar-refractivity contribution in [1.82, 2.24) is 9.73 Å². The van der Waals surface area contributed by atoms with E-state index in [1.807, 2.05) is 0 Å². The molecule has 0 aliphatic carbocycles. The molecular weight excluding hydrogens is 385 g/mol. The molecule has 1 aliphatic rings. The van der Waals surface area contributed by atoms with Crippen molar-refractivity contribution in [2.45, 2.75) is 17.7 Å². The van der Waals surface area contributed by atoms with Crippen LogP contribution in [0.4, 0.5) is 4.39 Å². The highest BCUT2D eigenvalue weighted by atomic mass is 32.2. The number of benzene rings is 2. The van der Waals surface area contributed by atoms with Gasteiger partial charge in [-0.05, 0) is 66.9 Å². The summed E-state index contributed by atoms with van der Waals surface area (Å²) >= 11 is 0. The van der Waals surface area contributed by atoms with Gasteiger partial charge in [0.1, 0.15) is 11.6 Å². The van der Waals surface area contributed by atoms with Gasteiger partial charge < -0.3 is 5.11 Å². The van der Waals surface area contributed by atoms with Crippen LogP contribution in [0.3, 0.4) is 0 Å². The van der Waals surface area contributed by atoms with E-state index in [0.29, 0.717) is 12.8 Å². The number of carbonyl (C=O) groups is 1. The number of nitrogens with zero attached hydrogens (tertiary/aromatic N) is 2. The third-order valence-corrected chi connectivity index (χ3v) is 6.47. The van der Waals surface area contributed by atoms with Crippen molar-refractivity contribution < 1.29 is 22.7 Å². The third kappa shape index (κ3) is 4.73. The quantitative estimate of drug-likeness (QED) is 0.588. The maximum absolute atomic E-state index is 13.0. The van der Waals surface area contributed by atoms with Crippen LogP contribution in [0.5, 0.6) is 5.75 Å². The van der Waals surface area contributed by atoms with Gasteiger partial charge in [0.05, 0.1) is 11.1 Å². The predicted octanol–water partition coefficient (Wildman–Crippen LogP) is 2.08. The lowest BCUT2D eigenvalue weighted by Gasteiger charge is -2.30. The molecule has 2 aromatic rings. The molecule has 1 saturated heterocycles. The van der Waals surface area contributed by atoms with E-state index in [4.69, 9.17) is 0 Å². The molecule has 3 rings (SSSR count). The van der Waals surface area contributed by atoms with Crippen LogP contribution >= 0.6 is 0 Å². The van der Waals surface area contributed by atoms with Crippen molar-refractivity contribution >= 4 is 22.1 Å².